The molecule has 0 amide bonds. The molecule has 0 bridgehead atoms. The second-order valence-electron chi connectivity index (χ2n) is 7.25. The number of ether oxygens (including phenoxy) is 2. The summed E-state index contributed by atoms with van der Waals surface area (Å²) < 4.78 is 10.9. The van der Waals surface area contributed by atoms with E-state index in [1.165, 1.54) is 12.0 Å². The van der Waals surface area contributed by atoms with Gasteiger partial charge in [0, 0.05) is 17.5 Å². The molecule has 118 valence electrons. The van der Waals surface area contributed by atoms with Crippen LogP contribution in [0.4, 0.5) is 0 Å². The van der Waals surface area contributed by atoms with E-state index in [1.54, 1.807) is 14.2 Å². The molecule has 0 aliphatic heterocycles. The number of hydrogen-bond donors (Lipinski definition) is 1. The molecule has 3 heteroatoms. The molecule has 2 rings (SSSR count). The zero-order chi connectivity index (χ0) is 15.6. The number of benzene rings is 1. The van der Waals surface area contributed by atoms with E-state index < -0.39 is 0 Å². The lowest BCUT2D eigenvalue weighted by molar-refractivity contribution is 0.152. The zero-order valence-corrected chi connectivity index (χ0v) is 14.0. The molecule has 3 unspecified atom stereocenters. The summed E-state index contributed by atoms with van der Waals surface area (Å²) in [5.41, 5.74) is 7.95. The van der Waals surface area contributed by atoms with Gasteiger partial charge in [-0.25, -0.2) is 0 Å². The average molecular weight is 291 g/mol. The van der Waals surface area contributed by atoms with Gasteiger partial charge in [-0.15, -0.1) is 0 Å². The maximum atomic E-state index is 6.44. The van der Waals surface area contributed by atoms with Crippen LogP contribution in [0.15, 0.2) is 18.2 Å². The lowest BCUT2D eigenvalue weighted by Gasteiger charge is -2.41. The lowest BCUT2D eigenvalue weighted by Crippen LogP contribution is -2.38. The van der Waals surface area contributed by atoms with Gasteiger partial charge in [0.1, 0.15) is 11.5 Å². The van der Waals surface area contributed by atoms with Crippen molar-refractivity contribution < 1.29 is 9.47 Å². The topological polar surface area (TPSA) is 44.5 Å². The first-order chi connectivity index (χ1) is 9.86. The van der Waals surface area contributed by atoms with Gasteiger partial charge in [0.15, 0.2) is 0 Å². The molecule has 0 spiro atoms. The molecule has 1 aliphatic rings. The van der Waals surface area contributed by atoms with E-state index in [4.69, 9.17) is 15.2 Å². The monoisotopic (exact) mass is 291 g/mol. The average Bonchev–Trinajstić information content (AvgIpc) is 2.45. The zero-order valence-electron chi connectivity index (χ0n) is 14.0. The summed E-state index contributed by atoms with van der Waals surface area (Å²) in [6.07, 6.45) is 3.41. The van der Waals surface area contributed by atoms with Gasteiger partial charge >= 0.3 is 0 Å². The van der Waals surface area contributed by atoms with Crippen LogP contribution in [0, 0.1) is 11.3 Å². The van der Waals surface area contributed by atoms with Crippen molar-refractivity contribution in [2.75, 3.05) is 14.2 Å². The van der Waals surface area contributed by atoms with Crippen LogP contribution in [0.2, 0.25) is 0 Å². The van der Waals surface area contributed by atoms with Gasteiger partial charge in [0.2, 0.25) is 0 Å². The van der Waals surface area contributed by atoms with E-state index in [-0.39, 0.29) is 6.04 Å². The molecule has 0 aromatic heterocycles. The minimum atomic E-state index is 0.199. The third-order valence-corrected chi connectivity index (χ3v) is 4.96. The Morgan fingerprint density at radius 3 is 2.38 bits per heavy atom. The predicted octanol–water partition coefficient (Wildman–Crippen LogP) is 3.96. The number of hydrogen-bond acceptors (Lipinski definition) is 3. The molecule has 21 heavy (non-hydrogen) atoms. The van der Waals surface area contributed by atoms with Crippen LogP contribution in [0.3, 0.4) is 0 Å². The Balaban J connectivity index is 2.33. The smallest absolute Gasteiger partial charge is 0.122 e. The molecule has 0 heterocycles. The minimum Gasteiger partial charge on any atom is -0.497 e. The summed E-state index contributed by atoms with van der Waals surface area (Å²) in [4.78, 5) is 0. The van der Waals surface area contributed by atoms with Crippen molar-refractivity contribution in [3.8, 4) is 11.5 Å². The van der Waals surface area contributed by atoms with Crippen molar-refractivity contribution >= 4 is 0 Å². The van der Waals surface area contributed by atoms with Crippen LogP contribution >= 0.6 is 0 Å². The Morgan fingerprint density at radius 1 is 1.10 bits per heavy atom. The molecule has 1 aliphatic carbocycles. The van der Waals surface area contributed by atoms with Gasteiger partial charge in [-0.3, -0.25) is 0 Å². The summed E-state index contributed by atoms with van der Waals surface area (Å²) in [6, 6.07) is 6.22. The van der Waals surface area contributed by atoms with Crippen molar-refractivity contribution in [2.45, 2.75) is 52.0 Å². The van der Waals surface area contributed by atoms with Crippen LogP contribution in [0.1, 0.15) is 51.5 Å². The first-order valence-corrected chi connectivity index (χ1v) is 7.84. The lowest BCUT2D eigenvalue weighted by atomic mass is 9.66. The molecule has 3 nitrogen and oxygen atoms in total. The highest BCUT2D eigenvalue weighted by molar-refractivity contribution is 5.43. The van der Waals surface area contributed by atoms with Gasteiger partial charge in [-0.05, 0) is 48.8 Å². The Morgan fingerprint density at radius 2 is 1.81 bits per heavy atom. The fourth-order valence-corrected chi connectivity index (χ4v) is 3.47. The van der Waals surface area contributed by atoms with Gasteiger partial charge in [-0.1, -0.05) is 20.8 Å². The molecule has 1 fully saturated rings. The molecule has 3 atom stereocenters. The highest BCUT2D eigenvalue weighted by Gasteiger charge is 2.36. The predicted molar refractivity (Wildman–Crippen MR) is 87.1 cm³/mol. The third-order valence-electron chi connectivity index (χ3n) is 4.96. The van der Waals surface area contributed by atoms with E-state index >= 15 is 0 Å². The van der Waals surface area contributed by atoms with Gasteiger partial charge in [0.25, 0.3) is 0 Å². The highest BCUT2D eigenvalue weighted by Crippen LogP contribution is 2.46. The van der Waals surface area contributed by atoms with E-state index in [9.17, 15) is 0 Å². The molecule has 2 N–H and O–H groups in total. The fraction of sp³-hybridized carbons (Fsp3) is 0.667. The van der Waals surface area contributed by atoms with Crippen molar-refractivity contribution in [3.05, 3.63) is 23.8 Å². The van der Waals surface area contributed by atoms with Gasteiger partial charge in [-0.2, -0.15) is 0 Å². The van der Waals surface area contributed by atoms with E-state index in [0.717, 1.165) is 24.3 Å². The van der Waals surface area contributed by atoms with Gasteiger partial charge < -0.3 is 15.2 Å². The highest BCUT2D eigenvalue weighted by atomic mass is 16.5. The number of methoxy groups -OCH3 is 2. The molecular weight excluding hydrogens is 262 g/mol. The minimum absolute atomic E-state index is 0.199. The van der Waals surface area contributed by atoms with E-state index in [0.29, 0.717) is 17.3 Å². The molecule has 1 aromatic rings. The molecular formula is C18H29NO2. The first kappa shape index (κ1) is 16.2. The first-order valence-electron chi connectivity index (χ1n) is 7.84. The summed E-state index contributed by atoms with van der Waals surface area (Å²) in [7, 11) is 3.42. The third kappa shape index (κ3) is 3.52. The van der Waals surface area contributed by atoms with Crippen molar-refractivity contribution in [1.29, 1.82) is 0 Å². The summed E-state index contributed by atoms with van der Waals surface area (Å²) in [5.74, 6) is 2.83. The molecule has 0 saturated heterocycles. The SMILES string of the molecule is COc1ccc(OC)c(C2CC(C(C)(C)C)CCC2N)c1. The second kappa shape index (κ2) is 6.27. The van der Waals surface area contributed by atoms with Crippen LogP contribution in [0.25, 0.3) is 0 Å². The fourth-order valence-electron chi connectivity index (χ4n) is 3.47. The Kier molecular flexibility index (Phi) is 4.82. The quantitative estimate of drug-likeness (QED) is 0.916. The van der Waals surface area contributed by atoms with Crippen molar-refractivity contribution in [1.82, 2.24) is 0 Å². The van der Waals surface area contributed by atoms with E-state index in [2.05, 4.69) is 26.8 Å². The van der Waals surface area contributed by atoms with Crippen LogP contribution in [0.5, 0.6) is 11.5 Å². The van der Waals surface area contributed by atoms with Crippen molar-refractivity contribution in [3.63, 3.8) is 0 Å². The standard InChI is InChI=1S/C18H29NO2/c1-18(2,3)12-6-8-16(19)14(10-12)15-11-13(20-4)7-9-17(15)21-5/h7,9,11-12,14,16H,6,8,10,19H2,1-5H3. The maximum Gasteiger partial charge on any atom is 0.122 e. The Hall–Kier alpha value is -1.22. The number of nitrogens with two attached hydrogens (primary N) is 1. The number of rotatable bonds is 3. The summed E-state index contributed by atoms with van der Waals surface area (Å²) in [6.45, 7) is 6.98. The van der Waals surface area contributed by atoms with Crippen LogP contribution < -0.4 is 15.2 Å². The Bertz CT molecular complexity index is 479. The van der Waals surface area contributed by atoms with Gasteiger partial charge in [0.05, 0.1) is 14.2 Å². The molecule has 0 radical (unpaired) electrons. The molecule has 1 aromatic carbocycles. The largest absolute Gasteiger partial charge is 0.497 e. The maximum absolute atomic E-state index is 6.44. The van der Waals surface area contributed by atoms with Crippen LogP contribution in [-0.4, -0.2) is 20.3 Å². The molecule has 1 saturated carbocycles. The summed E-state index contributed by atoms with van der Waals surface area (Å²) >= 11 is 0. The normalized spacial score (nSPS) is 26.5. The second-order valence-corrected chi connectivity index (χ2v) is 7.25. The Labute approximate surface area is 128 Å². The van der Waals surface area contributed by atoms with E-state index in [1.807, 2.05) is 12.1 Å². The van der Waals surface area contributed by atoms with Crippen LogP contribution in [-0.2, 0) is 0 Å². The van der Waals surface area contributed by atoms with Crippen molar-refractivity contribution in [2.24, 2.45) is 17.1 Å². The summed E-state index contributed by atoms with van der Waals surface area (Å²) in [5, 5.41) is 0.